The number of halogens is 1. The molecule has 0 radical (unpaired) electrons. The molecule has 0 bridgehead atoms. The van der Waals surface area contributed by atoms with Gasteiger partial charge in [0.05, 0.1) is 5.25 Å². The molecule has 98 valence electrons. The average Bonchev–Trinajstić information content (AvgIpc) is 2.41. The Kier molecular flexibility index (Phi) is 5.57. The number of carbonyl (C=O) groups excluding carboxylic acids is 1. The minimum absolute atomic E-state index is 0.152. The van der Waals surface area contributed by atoms with Crippen molar-refractivity contribution in [2.75, 3.05) is 11.5 Å². The third kappa shape index (κ3) is 3.75. The van der Waals surface area contributed by atoms with E-state index in [0.29, 0.717) is 17.5 Å². The standard InChI is InChI=1S/C13H16BrNOS2/c1-2-12-13(18-6-5-17-12)11(16)7-10-4-3-9(14)8-15-10/h3-4,8,12-13H,2,5-7H2,1H3. The zero-order valence-corrected chi connectivity index (χ0v) is 13.5. The van der Waals surface area contributed by atoms with Crippen LogP contribution in [0.2, 0.25) is 0 Å². The number of nitrogens with zero attached hydrogens (tertiary/aromatic N) is 1. The first-order valence-electron chi connectivity index (χ1n) is 6.07. The number of pyridine rings is 1. The van der Waals surface area contributed by atoms with Gasteiger partial charge in [-0.3, -0.25) is 9.78 Å². The molecule has 1 aromatic heterocycles. The van der Waals surface area contributed by atoms with Gasteiger partial charge in [-0.15, -0.1) is 11.8 Å². The van der Waals surface area contributed by atoms with Crippen molar-refractivity contribution in [2.45, 2.75) is 30.3 Å². The van der Waals surface area contributed by atoms with E-state index in [4.69, 9.17) is 0 Å². The SMILES string of the molecule is CCC1SCCSC1C(=O)Cc1ccc(Br)cn1. The summed E-state index contributed by atoms with van der Waals surface area (Å²) in [5.74, 6) is 2.59. The average molecular weight is 346 g/mol. The first kappa shape index (κ1) is 14.4. The van der Waals surface area contributed by atoms with Crippen molar-refractivity contribution in [3.05, 3.63) is 28.5 Å². The smallest absolute Gasteiger partial charge is 0.152 e. The molecule has 2 rings (SSSR count). The van der Waals surface area contributed by atoms with Gasteiger partial charge >= 0.3 is 0 Å². The Morgan fingerprint density at radius 2 is 2.22 bits per heavy atom. The molecule has 1 aliphatic heterocycles. The molecule has 0 N–H and O–H groups in total. The van der Waals surface area contributed by atoms with Crippen LogP contribution in [0.5, 0.6) is 0 Å². The van der Waals surface area contributed by atoms with Crippen molar-refractivity contribution in [2.24, 2.45) is 0 Å². The Hall–Kier alpha value is -0.000000000000000111. The molecule has 2 heterocycles. The van der Waals surface area contributed by atoms with Crippen molar-refractivity contribution in [3.63, 3.8) is 0 Å². The molecule has 5 heteroatoms. The molecule has 0 amide bonds. The molecule has 1 aromatic rings. The zero-order valence-electron chi connectivity index (χ0n) is 10.3. The van der Waals surface area contributed by atoms with Gasteiger partial charge in [0.15, 0.2) is 5.78 Å². The second-order valence-electron chi connectivity index (χ2n) is 4.22. The van der Waals surface area contributed by atoms with Crippen LogP contribution in [-0.4, -0.2) is 32.8 Å². The first-order chi connectivity index (χ1) is 8.70. The highest BCUT2D eigenvalue weighted by atomic mass is 79.9. The van der Waals surface area contributed by atoms with Gasteiger partial charge in [0, 0.05) is 39.5 Å². The molecule has 1 fully saturated rings. The van der Waals surface area contributed by atoms with E-state index in [2.05, 4.69) is 27.8 Å². The van der Waals surface area contributed by atoms with Crippen LogP contribution in [0.1, 0.15) is 19.0 Å². The summed E-state index contributed by atoms with van der Waals surface area (Å²) < 4.78 is 0.952. The van der Waals surface area contributed by atoms with Crippen molar-refractivity contribution < 1.29 is 4.79 Å². The highest BCUT2D eigenvalue weighted by Crippen LogP contribution is 2.34. The van der Waals surface area contributed by atoms with E-state index < -0.39 is 0 Å². The molecule has 0 aliphatic carbocycles. The van der Waals surface area contributed by atoms with E-state index in [1.54, 1.807) is 6.20 Å². The second kappa shape index (κ2) is 6.96. The van der Waals surface area contributed by atoms with Crippen LogP contribution in [0.3, 0.4) is 0 Å². The lowest BCUT2D eigenvalue weighted by atomic mass is 10.1. The van der Waals surface area contributed by atoms with E-state index in [1.807, 2.05) is 35.7 Å². The van der Waals surface area contributed by atoms with E-state index in [-0.39, 0.29) is 5.25 Å². The summed E-state index contributed by atoms with van der Waals surface area (Å²) in [5.41, 5.74) is 0.870. The highest BCUT2D eigenvalue weighted by molar-refractivity contribution is 9.10. The summed E-state index contributed by atoms with van der Waals surface area (Å²) >= 11 is 7.12. The van der Waals surface area contributed by atoms with E-state index in [1.165, 1.54) is 5.75 Å². The van der Waals surface area contributed by atoms with Gasteiger partial charge in [-0.1, -0.05) is 6.92 Å². The normalized spacial score (nSPS) is 23.9. The number of rotatable bonds is 4. The van der Waals surface area contributed by atoms with E-state index in [9.17, 15) is 4.79 Å². The minimum atomic E-state index is 0.152. The molecule has 2 atom stereocenters. The van der Waals surface area contributed by atoms with Gasteiger partial charge < -0.3 is 0 Å². The van der Waals surface area contributed by atoms with Gasteiger partial charge in [0.1, 0.15) is 0 Å². The third-order valence-corrected chi connectivity index (χ3v) is 6.68. The van der Waals surface area contributed by atoms with Gasteiger partial charge in [-0.2, -0.15) is 11.8 Å². The van der Waals surface area contributed by atoms with Crippen molar-refractivity contribution in [3.8, 4) is 0 Å². The van der Waals surface area contributed by atoms with E-state index in [0.717, 1.165) is 22.3 Å². The fraction of sp³-hybridized carbons (Fsp3) is 0.538. The quantitative estimate of drug-likeness (QED) is 0.834. The lowest BCUT2D eigenvalue weighted by molar-refractivity contribution is -0.118. The van der Waals surface area contributed by atoms with Crippen LogP contribution in [0.25, 0.3) is 0 Å². The van der Waals surface area contributed by atoms with Crippen molar-refractivity contribution >= 4 is 45.2 Å². The number of Topliss-reactive ketones (excluding diaryl/α,β-unsaturated/α-hetero) is 1. The lowest BCUT2D eigenvalue weighted by Crippen LogP contribution is -2.33. The molecule has 1 aliphatic rings. The number of hydrogen-bond acceptors (Lipinski definition) is 4. The predicted molar refractivity (Wildman–Crippen MR) is 83.4 cm³/mol. The van der Waals surface area contributed by atoms with Crippen LogP contribution in [-0.2, 0) is 11.2 Å². The molecular formula is C13H16BrNOS2. The monoisotopic (exact) mass is 345 g/mol. The maximum Gasteiger partial charge on any atom is 0.152 e. The lowest BCUT2D eigenvalue weighted by Gasteiger charge is -2.28. The first-order valence-corrected chi connectivity index (χ1v) is 8.96. The summed E-state index contributed by atoms with van der Waals surface area (Å²) in [7, 11) is 0. The maximum absolute atomic E-state index is 12.3. The van der Waals surface area contributed by atoms with Crippen LogP contribution in [0.15, 0.2) is 22.8 Å². The fourth-order valence-electron chi connectivity index (χ4n) is 1.99. The zero-order chi connectivity index (χ0) is 13.0. The number of aromatic nitrogens is 1. The molecule has 0 spiro atoms. The van der Waals surface area contributed by atoms with Gasteiger partial charge in [-0.25, -0.2) is 0 Å². The topological polar surface area (TPSA) is 30.0 Å². The van der Waals surface area contributed by atoms with Crippen LogP contribution >= 0.6 is 39.5 Å². The Bertz CT molecular complexity index is 410. The van der Waals surface area contributed by atoms with Crippen LogP contribution < -0.4 is 0 Å². The number of ketones is 1. The second-order valence-corrected chi connectivity index (χ2v) is 7.73. The summed E-state index contributed by atoms with van der Waals surface area (Å²) in [4.78, 5) is 16.6. The summed E-state index contributed by atoms with van der Waals surface area (Å²) in [6.07, 6.45) is 3.28. The summed E-state index contributed by atoms with van der Waals surface area (Å²) in [6.45, 7) is 2.17. The van der Waals surface area contributed by atoms with Crippen molar-refractivity contribution in [1.29, 1.82) is 0 Å². The molecule has 2 nitrogen and oxygen atoms in total. The van der Waals surface area contributed by atoms with Crippen LogP contribution in [0.4, 0.5) is 0 Å². The molecule has 1 saturated heterocycles. The number of thioether (sulfide) groups is 2. The van der Waals surface area contributed by atoms with E-state index >= 15 is 0 Å². The highest BCUT2D eigenvalue weighted by Gasteiger charge is 2.30. The maximum atomic E-state index is 12.3. The summed E-state index contributed by atoms with van der Waals surface area (Å²) in [6, 6.07) is 3.86. The van der Waals surface area contributed by atoms with Crippen LogP contribution in [0, 0.1) is 0 Å². The largest absolute Gasteiger partial charge is 0.298 e. The summed E-state index contributed by atoms with van der Waals surface area (Å²) in [5, 5.41) is 0.630. The Morgan fingerprint density at radius 1 is 1.44 bits per heavy atom. The fourth-order valence-corrected chi connectivity index (χ4v) is 5.26. The predicted octanol–water partition coefficient (Wildman–Crippen LogP) is 3.58. The Labute approximate surface area is 125 Å². The third-order valence-electron chi connectivity index (χ3n) is 2.91. The number of carbonyl (C=O) groups is 1. The van der Waals surface area contributed by atoms with Gasteiger partial charge in [-0.05, 0) is 34.5 Å². The molecule has 2 unspecified atom stereocenters. The molecule has 18 heavy (non-hydrogen) atoms. The molecule has 0 aromatic carbocycles. The molecular weight excluding hydrogens is 330 g/mol. The molecule has 0 saturated carbocycles. The Balaban J connectivity index is 2.00. The minimum Gasteiger partial charge on any atom is -0.298 e. The van der Waals surface area contributed by atoms with Gasteiger partial charge in [0.25, 0.3) is 0 Å². The Morgan fingerprint density at radius 3 is 2.89 bits per heavy atom. The van der Waals surface area contributed by atoms with Gasteiger partial charge in [0.2, 0.25) is 0 Å². The number of hydrogen-bond donors (Lipinski definition) is 0. The van der Waals surface area contributed by atoms with Crippen molar-refractivity contribution in [1.82, 2.24) is 4.98 Å².